The Kier molecular flexibility index (Phi) is 9.42. The van der Waals surface area contributed by atoms with E-state index in [0.717, 1.165) is 9.95 Å². The molecule has 222 valence electrons. The normalized spacial score (nSPS) is 21.9. The van der Waals surface area contributed by atoms with E-state index in [0.29, 0.717) is 11.6 Å². The Balaban J connectivity index is 1.63. The number of aromatic amines is 1. The van der Waals surface area contributed by atoms with Crippen molar-refractivity contribution in [2.24, 2.45) is 0 Å². The van der Waals surface area contributed by atoms with Crippen molar-refractivity contribution in [3.8, 4) is 5.75 Å². The Hall–Kier alpha value is -3.39. The fourth-order valence-corrected chi connectivity index (χ4v) is 6.04. The second kappa shape index (κ2) is 12.6. The Labute approximate surface area is 233 Å². The molecule has 0 amide bonds. The van der Waals surface area contributed by atoms with Gasteiger partial charge in [-0.05, 0) is 32.2 Å². The summed E-state index contributed by atoms with van der Waals surface area (Å²) in [6.07, 6.45) is -5.61. The fourth-order valence-electron chi connectivity index (χ4n) is 4.34. The number of carbonyl (C=O) groups excluding carboxylic acids is 1. The highest BCUT2D eigenvalue weighted by molar-refractivity contribution is 7.52. The molecule has 1 aromatic heterocycles. The summed E-state index contributed by atoms with van der Waals surface area (Å²) in [6, 6.07) is 10.9. The summed E-state index contributed by atoms with van der Waals surface area (Å²) in [4.78, 5) is 37.9. The molecule has 1 fully saturated rings. The third-order valence-electron chi connectivity index (χ3n) is 6.22. The van der Waals surface area contributed by atoms with Crippen molar-refractivity contribution in [2.75, 3.05) is 6.61 Å². The van der Waals surface area contributed by atoms with E-state index in [1.54, 1.807) is 49.2 Å². The number of halogens is 1. The molecule has 0 saturated carbocycles. The first-order valence-electron chi connectivity index (χ1n) is 12.8. The zero-order valence-electron chi connectivity index (χ0n) is 22.4. The van der Waals surface area contributed by atoms with Crippen LogP contribution in [0.2, 0.25) is 0 Å². The average Bonchev–Trinajstić information content (AvgIpc) is 3.30. The molecule has 2 heterocycles. The zero-order valence-corrected chi connectivity index (χ0v) is 23.3. The third kappa shape index (κ3) is 7.10. The van der Waals surface area contributed by atoms with Gasteiger partial charge in [-0.25, -0.2) is 9.36 Å². The summed E-state index contributed by atoms with van der Waals surface area (Å²) in [7, 11) is -4.54. The number of esters is 1. The number of nitrogens with one attached hydrogen (secondary N) is 2. The van der Waals surface area contributed by atoms with Crippen LogP contribution in [0.25, 0.3) is 10.8 Å². The van der Waals surface area contributed by atoms with Crippen LogP contribution in [-0.4, -0.2) is 62.8 Å². The predicted molar refractivity (Wildman–Crippen MR) is 144 cm³/mol. The minimum absolute atomic E-state index is 0.140. The number of aromatic nitrogens is 2. The van der Waals surface area contributed by atoms with E-state index >= 15 is 0 Å². The number of fused-ring (bicyclic) bond motifs is 1. The summed E-state index contributed by atoms with van der Waals surface area (Å²) in [6.45, 7) is 3.84. The van der Waals surface area contributed by atoms with Gasteiger partial charge in [0.2, 0.25) is 5.82 Å². The van der Waals surface area contributed by atoms with Crippen molar-refractivity contribution in [3.63, 3.8) is 0 Å². The number of hydrogen-bond donors (Lipinski definition) is 4. The fraction of sp³-hybridized carbons (Fsp3) is 0.423. The Morgan fingerprint density at radius 1 is 1.22 bits per heavy atom. The Morgan fingerprint density at radius 2 is 1.93 bits per heavy atom. The molecule has 0 aliphatic carbocycles. The van der Waals surface area contributed by atoms with Crippen LogP contribution in [0.5, 0.6) is 5.75 Å². The molecule has 4 N–H and O–H groups in total. The highest BCUT2D eigenvalue weighted by Gasteiger charge is 2.45. The standard InChI is InChI=1S/C26H31FN3O10P/c1-14(2)37-25(34)15(3)29-41(36,39-20-10-6-8-16-7-4-5-9-17(16)20)40-21(13-31)23-19(32)11-22(38-23)30-12-18(27)24(33)28-26(30)35/h4-10,12,14-15,19,21-23,31-32H,11,13H2,1-3H3,(H,29,36)(H,28,33,35)/t15-,19-,21+,22+,23-,41-/m0/s1. The number of aliphatic hydroxyl groups is 2. The van der Waals surface area contributed by atoms with Gasteiger partial charge in [-0.3, -0.25) is 23.7 Å². The quantitative estimate of drug-likeness (QED) is 0.188. The number of rotatable bonds is 11. The Bertz CT molecular complexity index is 1550. The van der Waals surface area contributed by atoms with Crippen molar-refractivity contribution in [3.05, 3.63) is 75.3 Å². The van der Waals surface area contributed by atoms with Crippen LogP contribution in [0.4, 0.5) is 4.39 Å². The van der Waals surface area contributed by atoms with Gasteiger partial charge in [0.15, 0.2) is 0 Å². The molecule has 13 nitrogen and oxygen atoms in total. The topological polar surface area (TPSA) is 178 Å². The molecule has 0 radical (unpaired) electrons. The molecule has 4 rings (SSSR count). The first-order chi connectivity index (χ1) is 19.4. The predicted octanol–water partition coefficient (Wildman–Crippen LogP) is 1.97. The summed E-state index contributed by atoms with van der Waals surface area (Å²) >= 11 is 0. The van der Waals surface area contributed by atoms with E-state index in [1.165, 1.54) is 6.92 Å². The van der Waals surface area contributed by atoms with Crippen molar-refractivity contribution in [1.82, 2.24) is 14.6 Å². The molecule has 1 aliphatic rings. The third-order valence-corrected chi connectivity index (χ3v) is 7.91. The smallest absolute Gasteiger partial charge is 0.459 e. The number of aliphatic hydroxyl groups excluding tert-OH is 2. The van der Waals surface area contributed by atoms with Crippen molar-refractivity contribution >= 4 is 24.5 Å². The minimum Gasteiger partial charge on any atom is -0.462 e. The first-order valence-corrected chi connectivity index (χ1v) is 14.3. The van der Waals surface area contributed by atoms with Crippen molar-refractivity contribution < 1.29 is 42.5 Å². The monoisotopic (exact) mass is 595 g/mol. The Morgan fingerprint density at radius 3 is 2.63 bits per heavy atom. The molecule has 0 spiro atoms. The second-order valence-corrected chi connectivity index (χ2v) is 11.4. The van der Waals surface area contributed by atoms with Crippen LogP contribution in [0.15, 0.2) is 58.3 Å². The maximum absolute atomic E-state index is 14.2. The largest absolute Gasteiger partial charge is 0.462 e. The van der Waals surface area contributed by atoms with Gasteiger partial charge >= 0.3 is 19.4 Å². The van der Waals surface area contributed by atoms with Gasteiger partial charge in [0, 0.05) is 11.8 Å². The lowest BCUT2D eigenvalue weighted by Gasteiger charge is -2.30. The van der Waals surface area contributed by atoms with E-state index in [9.17, 15) is 33.6 Å². The second-order valence-electron chi connectivity index (χ2n) is 9.73. The summed E-state index contributed by atoms with van der Waals surface area (Å²) < 4.78 is 51.3. The lowest BCUT2D eigenvalue weighted by molar-refractivity contribution is -0.149. The maximum atomic E-state index is 14.2. The number of nitrogens with zero attached hydrogens (tertiary/aromatic N) is 1. The average molecular weight is 596 g/mol. The molecule has 0 unspecified atom stereocenters. The van der Waals surface area contributed by atoms with Gasteiger partial charge in [0.1, 0.15) is 30.2 Å². The molecule has 6 atom stereocenters. The number of benzene rings is 2. The van der Waals surface area contributed by atoms with E-state index in [4.69, 9.17) is 18.5 Å². The maximum Gasteiger partial charge on any atom is 0.459 e. The van der Waals surface area contributed by atoms with Crippen molar-refractivity contribution in [2.45, 2.75) is 63.9 Å². The summed E-state index contributed by atoms with van der Waals surface area (Å²) in [5.74, 6) is -1.86. The van der Waals surface area contributed by atoms with Crippen LogP contribution in [0.1, 0.15) is 33.4 Å². The molecule has 3 aromatic rings. The van der Waals surface area contributed by atoms with Gasteiger partial charge in [0.05, 0.1) is 25.0 Å². The molecular weight excluding hydrogens is 564 g/mol. The van der Waals surface area contributed by atoms with Gasteiger partial charge in [-0.1, -0.05) is 36.4 Å². The van der Waals surface area contributed by atoms with Crippen LogP contribution < -0.4 is 20.9 Å². The van der Waals surface area contributed by atoms with Crippen LogP contribution in [-0.2, 0) is 23.4 Å². The number of hydrogen-bond acceptors (Lipinski definition) is 10. The lowest BCUT2D eigenvalue weighted by atomic mass is 10.1. The summed E-state index contributed by atoms with van der Waals surface area (Å²) in [5.41, 5.74) is -2.21. The highest BCUT2D eigenvalue weighted by Crippen LogP contribution is 2.49. The number of carbonyl (C=O) groups is 1. The number of H-pyrrole nitrogens is 1. The molecule has 0 bridgehead atoms. The molecular formula is C26H31FN3O10P. The molecule has 1 aliphatic heterocycles. The van der Waals surface area contributed by atoms with Crippen LogP contribution in [0.3, 0.4) is 0 Å². The molecule has 15 heteroatoms. The SMILES string of the molecule is CC(C)OC(=O)[C@H](C)N[P@](=O)(Oc1cccc2ccccc12)O[C@H](CO)[C@H]1O[C@@H](n2cc(F)c(=O)[nH]c2=O)C[C@@H]1O. The van der Waals surface area contributed by atoms with Crippen LogP contribution in [0, 0.1) is 5.82 Å². The highest BCUT2D eigenvalue weighted by atomic mass is 31.2. The van der Waals surface area contributed by atoms with E-state index in [2.05, 4.69) is 5.09 Å². The van der Waals surface area contributed by atoms with Gasteiger partial charge in [0.25, 0.3) is 5.56 Å². The van der Waals surface area contributed by atoms with E-state index in [-0.39, 0.29) is 12.2 Å². The summed E-state index contributed by atoms with van der Waals surface area (Å²) in [5, 5.41) is 24.7. The van der Waals surface area contributed by atoms with Gasteiger partial charge in [-0.2, -0.15) is 9.48 Å². The first kappa shape index (κ1) is 30.6. The van der Waals surface area contributed by atoms with Crippen molar-refractivity contribution in [1.29, 1.82) is 0 Å². The molecule has 2 aromatic carbocycles. The lowest BCUT2D eigenvalue weighted by Crippen LogP contribution is -2.42. The zero-order chi connectivity index (χ0) is 29.9. The number of ether oxygens (including phenoxy) is 2. The van der Waals surface area contributed by atoms with Gasteiger partial charge in [-0.15, -0.1) is 0 Å². The minimum atomic E-state index is -4.54. The van der Waals surface area contributed by atoms with E-state index < -0.39 is 74.1 Å². The van der Waals surface area contributed by atoms with Gasteiger partial charge < -0.3 is 24.2 Å². The molecule has 1 saturated heterocycles. The van der Waals surface area contributed by atoms with Crippen LogP contribution >= 0.6 is 7.75 Å². The van der Waals surface area contributed by atoms with E-state index in [1.807, 2.05) is 12.1 Å². The molecule has 41 heavy (non-hydrogen) atoms.